The monoisotopic (exact) mass is 326 g/mol. The van der Waals surface area contributed by atoms with Crippen molar-refractivity contribution in [1.29, 1.82) is 0 Å². The average Bonchev–Trinajstić information content (AvgIpc) is 2.65. The van der Waals surface area contributed by atoms with Crippen LogP contribution in [0.15, 0.2) is 42.5 Å². The molecule has 2 aromatic carbocycles. The Morgan fingerprint density at radius 1 is 1.21 bits per heavy atom. The minimum absolute atomic E-state index is 0.0132. The smallest absolute Gasteiger partial charge is 0.254 e. The van der Waals surface area contributed by atoms with Gasteiger partial charge in [0.25, 0.3) is 5.91 Å². The van der Waals surface area contributed by atoms with E-state index in [4.69, 9.17) is 4.84 Å². The summed E-state index contributed by atoms with van der Waals surface area (Å²) in [6.07, 6.45) is 1.60. The summed E-state index contributed by atoms with van der Waals surface area (Å²) in [5, 5.41) is 2.00. The van der Waals surface area contributed by atoms with Gasteiger partial charge < -0.3 is 4.90 Å². The molecule has 1 N–H and O–H groups in total. The number of fused-ring (bicyclic) bond motifs is 1. The van der Waals surface area contributed by atoms with Gasteiger partial charge >= 0.3 is 0 Å². The molecule has 2 aromatic rings. The molecule has 1 atom stereocenters. The molecule has 0 radical (unpaired) electrons. The number of amides is 2. The highest BCUT2D eigenvalue weighted by Gasteiger charge is 2.29. The third-order valence-corrected chi connectivity index (χ3v) is 4.42. The highest BCUT2D eigenvalue weighted by atomic mass is 16.6. The lowest BCUT2D eigenvalue weighted by molar-refractivity contribution is -0.138. The first-order valence-corrected chi connectivity index (χ1v) is 8.39. The second-order valence-corrected chi connectivity index (χ2v) is 6.02. The zero-order valence-electron chi connectivity index (χ0n) is 13.8. The number of nitrogens with zero attached hydrogens (tertiary/aromatic N) is 1. The molecule has 0 saturated carbocycles. The summed E-state index contributed by atoms with van der Waals surface area (Å²) in [6.45, 7) is 3.36. The van der Waals surface area contributed by atoms with Crippen LogP contribution in [-0.4, -0.2) is 36.4 Å². The van der Waals surface area contributed by atoms with Crippen molar-refractivity contribution in [1.82, 2.24) is 10.4 Å². The molecule has 1 heterocycles. The first kappa shape index (κ1) is 16.5. The standard InChI is InChI=1S/C19H22N2O3/c1-2-24-20-18(22)15-9-6-12-21(13-15)19(23)17-11-5-8-14-7-3-4-10-16(14)17/h3-5,7-8,10-11,15H,2,6,9,12-13H2,1H3,(H,20,22)/t15-/m0/s1. The molecule has 5 heteroatoms. The van der Waals surface area contributed by atoms with E-state index in [0.29, 0.717) is 25.3 Å². The van der Waals surface area contributed by atoms with E-state index in [9.17, 15) is 9.59 Å². The van der Waals surface area contributed by atoms with E-state index in [-0.39, 0.29) is 17.7 Å². The first-order chi connectivity index (χ1) is 11.7. The lowest BCUT2D eigenvalue weighted by atomic mass is 9.96. The summed E-state index contributed by atoms with van der Waals surface area (Å²) < 4.78 is 0. The summed E-state index contributed by atoms with van der Waals surface area (Å²) in [6, 6.07) is 13.6. The van der Waals surface area contributed by atoms with Gasteiger partial charge in [0.15, 0.2) is 0 Å². The second kappa shape index (κ2) is 7.45. The molecule has 126 valence electrons. The van der Waals surface area contributed by atoms with Gasteiger partial charge in [-0.2, -0.15) is 0 Å². The maximum atomic E-state index is 13.0. The van der Waals surface area contributed by atoms with Crippen molar-refractivity contribution in [2.45, 2.75) is 19.8 Å². The maximum Gasteiger partial charge on any atom is 0.254 e. The molecule has 3 rings (SSSR count). The number of hydrogen-bond donors (Lipinski definition) is 1. The molecule has 0 aromatic heterocycles. The van der Waals surface area contributed by atoms with Gasteiger partial charge in [0.1, 0.15) is 0 Å². The Kier molecular flexibility index (Phi) is 5.11. The van der Waals surface area contributed by atoms with E-state index < -0.39 is 0 Å². The van der Waals surface area contributed by atoms with Gasteiger partial charge in [-0.25, -0.2) is 5.48 Å². The van der Waals surface area contributed by atoms with Crippen molar-refractivity contribution in [3.05, 3.63) is 48.0 Å². The fourth-order valence-corrected chi connectivity index (χ4v) is 3.18. The summed E-state index contributed by atoms with van der Waals surface area (Å²) in [7, 11) is 0. The predicted molar refractivity (Wildman–Crippen MR) is 92.3 cm³/mol. The van der Waals surface area contributed by atoms with Crippen LogP contribution in [0.4, 0.5) is 0 Å². The van der Waals surface area contributed by atoms with E-state index in [1.807, 2.05) is 49.4 Å². The van der Waals surface area contributed by atoms with E-state index in [1.54, 1.807) is 4.90 Å². The Morgan fingerprint density at radius 3 is 2.83 bits per heavy atom. The van der Waals surface area contributed by atoms with Crippen LogP contribution in [0.2, 0.25) is 0 Å². The molecule has 1 saturated heterocycles. The Hall–Kier alpha value is -2.40. The van der Waals surface area contributed by atoms with Crippen LogP contribution < -0.4 is 5.48 Å². The molecule has 0 unspecified atom stereocenters. The minimum atomic E-state index is -0.218. The molecule has 0 aliphatic carbocycles. The van der Waals surface area contributed by atoms with E-state index in [0.717, 1.165) is 23.6 Å². The fourth-order valence-electron chi connectivity index (χ4n) is 3.18. The Bertz CT molecular complexity index is 739. The van der Waals surface area contributed by atoms with Crippen molar-refractivity contribution in [2.75, 3.05) is 19.7 Å². The highest BCUT2D eigenvalue weighted by Crippen LogP contribution is 2.23. The van der Waals surface area contributed by atoms with Crippen molar-refractivity contribution in [2.24, 2.45) is 5.92 Å². The van der Waals surface area contributed by atoms with E-state index in [2.05, 4.69) is 5.48 Å². The van der Waals surface area contributed by atoms with Crippen molar-refractivity contribution in [3.8, 4) is 0 Å². The molecule has 2 amide bonds. The normalized spacial score (nSPS) is 17.7. The van der Waals surface area contributed by atoms with E-state index >= 15 is 0 Å². The van der Waals surface area contributed by atoms with Crippen LogP contribution in [0, 0.1) is 5.92 Å². The fraction of sp³-hybridized carbons (Fsp3) is 0.368. The van der Waals surface area contributed by atoms with Crippen LogP contribution in [-0.2, 0) is 9.63 Å². The number of hydroxylamine groups is 1. The maximum absolute atomic E-state index is 13.0. The van der Waals surface area contributed by atoms with Gasteiger partial charge in [0.05, 0.1) is 12.5 Å². The number of hydrogen-bond acceptors (Lipinski definition) is 3. The van der Waals surface area contributed by atoms with E-state index in [1.165, 1.54) is 0 Å². The molecule has 24 heavy (non-hydrogen) atoms. The van der Waals surface area contributed by atoms with Crippen LogP contribution in [0.25, 0.3) is 10.8 Å². The number of rotatable bonds is 4. The number of benzene rings is 2. The Balaban J connectivity index is 1.78. The SMILES string of the molecule is CCONC(=O)[C@H]1CCCN(C(=O)c2cccc3ccccc23)C1. The molecular formula is C19H22N2O3. The number of piperidine rings is 1. The highest BCUT2D eigenvalue weighted by molar-refractivity contribution is 6.07. The third-order valence-electron chi connectivity index (χ3n) is 4.42. The van der Waals surface area contributed by atoms with Gasteiger partial charge in [0, 0.05) is 18.7 Å². The lowest BCUT2D eigenvalue weighted by Crippen LogP contribution is -2.45. The molecular weight excluding hydrogens is 304 g/mol. The average molecular weight is 326 g/mol. The van der Waals surface area contributed by atoms with Gasteiger partial charge in [0.2, 0.25) is 5.91 Å². The Labute approximate surface area is 141 Å². The van der Waals surface area contributed by atoms with Crippen LogP contribution in [0.3, 0.4) is 0 Å². The summed E-state index contributed by atoms with van der Waals surface area (Å²) >= 11 is 0. The zero-order chi connectivity index (χ0) is 16.9. The van der Waals surface area contributed by atoms with Crippen molar-refractivity contribution < 1.29 is 14.4 Å². The van der Waals surface area contributed by atoms with Crippen LogP contribution in [0.5, 0.6) is 0 Å². The molecule has 1 aliphatic heterocycles. The molecule has 1 fully saturated rings. The summed E-state index contributed by atoms with van der Waals surface area (Å²) in [5.74, 6) is -0.378. The van der Waals surface area contributed by atoms with Gasteiger partial charge in [-0.15, -0.1) is 0 Å². The van der Waals surface area contributed by atoms with Gasteiger partial charge in [-0.05, 0) is 36.6 Å². The number of carbonyl (C=O) groups is 2. The molecule has 5 nitrogen and oxygen atoms in total. The second-order valence-electron chi connectivity index (χ2n) is 6.02. The van der Waals surface area contributed by atoms with Crippen molar-refractivity contribution in [3.63, 3.8) is 0 Å². The van der Waals surface area contributed by atoms with Crippen molar-refractivity contribution >= 4 is 22.6 Å². The number of likely N-dealkylation sites (tertiary alicyclic amines) is 1. The molecule has 0 bridgehead atoms. The van der Waals surface area contributed by atoms with Crippen LogP contribution >= 0.6 is 0 Å². The summed E-state index contributed by atoms with van der Waals surface area (Å²) in [4.78, 5) is 31.8. The lowest BCUT2D eigenvalue weighted by Gasteiger charge is -2.32. The zero-order valence-corrected chi connectivity index (χ0v) is 13.8. The van der Waals surface area contributed by atoms with Gasteiger partial charge in [-0.3, -0.25) is 14.4 Å². The topological polar surface area (TPSA) is 58.6 Å². The Morgan fingerprint density at radius 2 is 2.00 bits per heavy atom. The minimum Gasteiger partial charge on any atom is -0.338 e. The largest absolute Gasteiger partial charge is 0.338 e. The quantitative estimate of drug-likeness (QED) is 0.879. The number of nitrogens with one attached hydrogen (secondary N) is 1. The first-order valence-electron chi connectivity index (χ1n) is 8.39. The molecule has 0 spiro atoms. The molecule has 1 aliphatic rings. The van der Waals surface area contributed by atoms with Crippen LogP contribution in [0.1, 0.15) is 30.1 Å². The third kappa shape index (κ3) is 3.41. The summed E-state index contributed by atoms with van der Waals surface area (Å²) in [5.41, 5.74) is 3.15. The number of carbonyl (C=O) groups excluding carboxylic acids is 2. The van der Waals surface area contributed by atoms with Gasteiger partial charge in [-0.1, -0.05) is 36.4 Å². The predicted octanol–water partition coefficient (Wildman–Crippen LogP) is 2.76.